The summed E-state index contributed by atoms with van der Waals surface area (Å²) in [6.07, 6.45) is 2.47. The Morgan fingerprint density at radius 3 is 2.41 bits per heavy atom. The third kappa shape index (κ3) is 3.83. The van der Waals surface area contributed by atoms with Crippen LogP contribution in [0.4, 0.5) is 0 Å². The Kier molecular flexibility index (Phi) is 5.33. The molecule has 0 aliphatic carbocycles. The van der Waals surface area contributed by atoms with Crippen LogP contribution in [0.5, 0.6) is 0 Å². The summed E-state index contributed by atoms with van der Waals surface area (Å²) in [7, 11) is 0. The number of fused-ring (bicyclic) bond motifs is 2. The molecule has 5 aromatic rings. The largest absolute Gasteiger partial charge is 0.389 e. The van der Waals surface area contributed by atoms with Gasteiger partial charge in [0.05, 0.1) is 48.4 Å². The van der Waals surface area contributed by atoms with E-state index in [2.05, 4.69) is 29.9 Å². The first kappa shape index (κ1) is 20.9. The predicted octanol–water partition coefficient (Wildman–Crippen LogP) is 4.81. The van der Waals surface area contributed by atoms with Crippen LogP contribution in [0.15, 0.2) is 59.9 Å². The van der Waals surface area contributed by atoms with Crippen LogP contribution in [0, 0.1) is 13.8 Å². The minimum Gasteiger partial charge on any atom is -0.389 e. The molecular weight excluding hydrogens is 444 g/mol. The molecule has 0 spiro atoms. The third-order valence-corrected chi connectivity index (χ3v) is 7.10. The number of aromatic nitrogens is 4. The van der Waals surface area contributed by atoms with Gasteiger partial charge < -0.3 is 9.67 Å². The summed E-state index contributed by atoms with van der Waals surface area (Å²) in [6.45, 7) is 4.61. The first-order chi connectivity index (χ1) is 15.4. The van der Waals surface area contributed by atoms with Crippen LogP contribution in [0.25, 0.3) is 31.7 Å². The van der Waals surface area contributed by atoms with Crippen molar-refractivity contribution in [1.82, 2.24) is 19.1 Å². The van der Waals surface area contributed by atoms with Crippen molar-refractivity contribution >= 4 is 44.2 Å². The molecule has 3 aromatic heterocycles. The smallest absolute Gasteiger partial charge is 0.271 e. The van der Waals surface area contributed by atoms with Crippen molar-refractivity contribution in [1.29, 1.82) is 0 Å². The molecule has 0 aliphatic heterocycles. The number of thiophene rings is 1. The lowest BCUT2D eigenvalue weighted by Gasteiger charge is -2.14. The molecule has 0 saturated heterocycles. The summed E-state index contributed by atoms with van der Waals surface area (Å²) < 4.78 is 3.97. The molecule has 0 bridgehead atoms. The number of halogens is 1. The number of nitrogens with zero attached hydrogens (tertiary/aromatic N) is 4. The van der Waals surface area contributed by atoms with Gasteiger partial charge in [0, 0.05) is 9.90 Å². The van der Waals surface area contributed by atoms with Gasteiger partial charge in [0.1, 0.15) is 4.70 Å². The molecule has 2 aromatic carbocycles. The minimum atomic E-state index is -0.762. The molecule has 0 amide bonds. The molecule has 1 N–H and O–H groups in total. The number of aryl methyl sites for hydroxylation is 2. The van der Waals surface area contributed by atoms with E-state index in [0.717, 1.165) is 21.5 Å². The molecule has 32 heavy (non-hydrogen) atoms. The van der Waals surface area contributed by atoms with E-state index in [1.807, 2.05) is 41.0 Å². The first-order valence-electron chi connectivity index (χ1n) is 10.2. The van der Waals surface area contributed by atoms with Gasteiger partial charge in [-0.05, 0) is 60.9 Å². The van der Waals surface area contributed by atoms with Gasteiger partial charge in [-0.1, -0.05) is 23.7 Å². The molecule has 3 heterocycles. The molecule has 0 radical (unpaired) electrons. The normalized spacial score (nSPS) is 12.6. The average molecular weight is 465 g/mol. The van der Waals surface area contributed by atoms with Gasteiger partial charge in [-0.3, -0.25) is 9.36 Å². The molecular formula is C24H21ClN4O2S. The van der Waals surface area contributed by atoms with E-state index in [0.29, 0.717) is 21.8 Å². The monoisotopic (exact) mass is 464 g/mol. The van der Waals surface area contributed by atoms with Crippen molar-refractivity contribution in [2.24, 2.45) is 0 Å². The number of aliphatic hydroxyl groups excluding tert-OH is 1. The summed E-state index contributed by atoms with van der Waals surface area (Å²) in [5.41, 5.74) is 5.72. The summed E-state index contributed by atoms with van der Waals surface area (Å²) in [5.74, 6) is 0. The number of imidazole rings is 1. The Balaban J connectivity index is 1.40. The molecule has 6 nitrogen and oxygen atoms in total. The lowest BCUT2D eigenvalue weighted by atomic mass is 10.1. The van der Waals surface area contributed by atoms with Crippen LogP contribution < -0.4 is 5.56 Å². The Hall–Kier alpha value is -3.00. The van der Waals surface area contributed by atoms with E-state index in [9.17, 15) is 9.90 Å². The molecule has 0 saturated carbocycles. The van der Waals surface area contributed by atoms with Gasteiger partial charge in [0.25, 0.3) is 5.56 Å². The van der Waals surface area contributed by atoms with Gasteiger partial charge in [-0.25, -0.2) is 9.97 Å². The fraction of sp³-hybridized carbons (Fsp3) is 0.208. The topological polar surface area (TPSA) is 72.9 Å². The van der Waals surface area contributed by atoms with Gasteiger partial charge in [-0.15, -0.1) is 11.3 Å². The number of aliphatic hydroxyl groups is 1. The van der Waals surface area contributed by atoms with E-state index in [4.69, 9.17) is 11.6 Å². The molecule has 5 rings (SSSR count). The lowest BCUT2D eigenvalue weighted by Crippen LogP contribution is -2.29. The Morgan fingerprint density at radius 2 is 1.62 bits per heavy atom. The number of benzene rings is 2. The lowest BCUT2D eigenvalue weighted by molar-refractivity contribution is 0.134. The van der Waals surface area contributed by atoms with E-state index < -0.39 is 6.10 Å². The van der Waals surface area contributed by atoms with Gasteiger partial charge in [-0.2, -0.15) is 0 Å². The molecule has 1 atom stereocenters. The van der Waals surface area contributed by atoms with Crippen molar-refractivity contribution in [2.75, 3.05) is 0 Å². The summed E-state index contributed by atoms with van der Waals surface area (Å²) in [5, 5.41) is 11.4. The highest BCUT2D eigenvalue weighted by atomic mass is 35.5. The minimum absolute atomic E-state index is 0.152. The standard InChI is InChI=1S/C24H21ClN4O2S/c1-14-7-19-21(8-15(14)2)28(12-26-19)10-18(30)11-29-13-27-20-9-22(32-23(20)24(29)31)16-3-5-17(25)6-4-16/h3-9,12-13,18,30H,10-11H2,1-2H3. The van der Waals surface area contributed by atoms with Gasteiger partial charge in [0.2, 0.25) is 0 Å². The SMILES string of the molecule is Cc1cc2ncn(CC(O)Cn3cnc4cc(-c5ccc(Cl)cc5)sc4c3=O)c2cc1C. The number of rotatable bonds is 5. The highest BCUT2D eigenvalue weighted by Gasteiger charge is 2.15. The second-order valence-corrected chi connectivity index (χ2v) is 9.50. The Labute approximate surface area is 193 Å². The van der Waals surface area contributed by atoms with Crippen LogP contribution >= 0.6 is 22.9 Å². The van der Waals surface area contributed by atoms with Crippen LogP contribution in [0.2, 0.25) is 5.02 Å². The zero-order valence-corrected chi connectivity index (χ0v) is 19.2. The second kappa shape index (κ2) is 8.16. The summed E-state index contributed by atoms with van der Waals surface area (Å²) >= 11 is 7.38. The van der Waals surface area contributed by atoms with Crippen molar-refractivity contribution < 1.29 is 5.11 Å². The molecule has 0 fully saturated rings. The number of hydrogen-bond acceptors (Lipinski definition) is 5. The zero-order chi connectivity index (χ0) is 22.4. The molecule has 162 valence electrons. The fourth-order valence-corrected chi connectivity index (χ4v) is 4.99. The summed E-state index contributed by atoms with van der Waals surface area (Å²) in [4.78, 5) is 22.9. The maximum Gasteiger partial charge on any atom is 0.271 e. The van der Waals surface area contributed by atoms with Crippen LogP contribution in [-0.2, 0) is 13.1 Å². The van der Waals surface area contributed by atoms with E-state index in [1.54, 1.807) is 6.33 Å². The fourth-order valence-electron chi connectivity index (χ4n) is 3.80. The van der Waals surface area contributed by atoms with E-state index in [-0.39, 0.29) is 12.1 Å². The molecule has 8 heteroatoms. The molecule has 0 aliphatic rings. The van der Waals surface area contributed by atoms with E-state index >= 15 is 0 Å². The summed E-state index contributed by atoms with van der Waals surface area (Å²) in [6, 6.07) is 13.5. The van der Waals surface area contributed by atoms with Crippen molar-refractivity contribution in [3.63, 3.8) is 0 Å². The first-order valence-corrected chi connectivity index (χ1v) is 11.4. The van der Waals surface area contributed by atoms with E-state index in [1.165, 1.54) is 33.4 Å². The Bertz CT molecular complexity index is 1500. The highest BCUT2D eigenvalue weighted by molar-refractivity contribution is 7.22. The van der Waals surface area contributed by atoms with Crippen molar-refractivity contribution in [2.45, 2.75) is 33.0 Å². The maximum atomic E-state index is 13.0. The van der Waals surface area contributed by atoms with Crippen LogP contribution in [0.1, 0.15) is 11.1 Å². The third-order valence-electron chi connectivity index (χ3n) is 5.68. The Morgan fingerprint density at radius 1 is 0.969 bits per heavy atom. The predicted molar refractivity (Wildman–Crippen MR) is 130 cm³/mol. The maximum absolute atomic E-state index is 13.0. The highest BCUT2D eigenvalue weighted by Crippen LogP contribution is 2.31. The van der Waals surface area contributed by atoms with Crippen LogP contribution in [-0.4, -0.2) is 30.3 Å². The molecule has 1 unspecified atom stereocenters. The quantitative estimate of drug-likeness (QED) is 0.405. The van der Waals surface area contributed by atoms with Crippen molar-refractivity contribution in [3.05, 3.63) is 81.6 Å². The zero-order valence-electron chi connectivity index (χ0n) is 17.6. The number of hydrogen-bond donors (Lipinski definition) is 1. The average Bonchev–Trinajstić information content (AvgIpc) is 3.36. The van der Waals surface area contributed by atoms with Gasteiger partial charge >= 0.3 is 0 Å². The van der Waals surface area contributed by atoms with Crippen molar-refractivity contribution in [3.8, 4) is 10.4 Å². The second-order valence-electron chi connectivity index (χ2n) is 8.01. The van der Waals surface area contributed by atoms with Crippen LogP contribution in [0.3, 0.4) is 0 Å². The van der Waals surface area contributed by atoms with Gasteiger partial charge in [0.15, 0.2) is 0 Å².